The highest BCUT2D eigenvalue weighted by Crippen LogP contribution is 2.37. The van der Waals surface area contributed by atoms with Crippen LogP contribution in [0.15, 0.2) is 30.3 Å². The molecule has 5 nitrogen and oxygen atoms in total. The van der Waals surface area contributed by atoms with Crippen molar-refractivity contribution in [1.29, 1.82) is 0 Å². The number of hydrogen-bond acceptors (Lipinski definition) is 4. The lowest BCUT2D eigenvalue weighted by molar-refractivity contribution is -0.154. The molecule has 1 fully saturated rings. The summed E-state index contributed by atoms with van der Waals surface area (Å²) < 4.78 is 11.0. The Hall–Kier alpha value is -2.04. The Bertz CT molecular complexity index is 638. The van der Waals surface area contributed by atoms with Crippen LogP contribution >= 0.6 is 0 Å². The molecule has 0 aliphatic heterocycles. The van der Waals surface area contributed by atoms with Gasteiger partial charge >= 0.3 is 12.1 Å². The summed E-state index contributed by atoms with van der Waals surface area (Å²) in [5.41, 5.74) is 0.446. The molecule has 28 heavy (non-hydrogen) atoms. The molecular formula is C23H35NO4. The van der Waals surface area contributed by atoms with Crippen molar-refractivity contribution in [2.75, 3.05) is 0 Å². The Kier molecular flexibility index (Phi) is 7.90. The van der Waals surface area contributed by atoms with Crippen molar-refractivity contribution in [2.24, 2.45) is 17.8 Å². The van der Waals surface area contributed by atoms with E-state index < -0.39 is 11.7 Å². The highest BCUT2D eigenvalue weighted by Gasteiger charge is 2.39. The summed E-state index contributed by atoms with van der Waals surface area (Å²) in [6.07, 6.45) is 2.96. The monoisotopic (exact) mass is 389 g/mol. The number of hydrogen-bond donors (Lipinski definition) is 1. The van der Waals surface area contributed by atoms with Crippen LogP contribution in [0.2, 0.25) is 0 Å². The lowest BCUT2D eigenvalue weighted by Crippen LogP contribution is -2.46. The topological polar surface area (TPSA) is 64.6 Å². The third kappa shape index (κ3) is 6.84. The molecule has 0 spiro atoms. The number of amides is 1. The van der Waals surface area contributed by atoms with Crippen LogP contribution in [0.3, 0.4) is 0 Å². The van der Waals surface area contributed by atoms with Gasteiger partial charge in [0.15, 0.2) is 0 Å². The van der Waals surface area contributed by atoms with Gasteiger partial charge in [0.05, 0.1) is 5.92 Å². The average Bonchev–Trinajstić information content (AvgIpc) is 2.64. The average molecular weight is 390 g/mol. The van der Waals surface area contributed by atoms with Crippen molar-refractivity contribution in [3.05, 3.63) is 35.9 Å². The smallest absolute Gasteiger partial charge is 0.407 e. The van der Waals surface area contributed by atoms with Crippen LogP contribution in [0.5, 0.6) is 0 Å². The van der Waals surface area contributed by atoms with Crippen molar-refractivity contribution in [3.63, 3.8) is 0 Å². The van der Waals surface area contributed by atoms with Gasteiger partial charge in [0.2, 0.25) is 0 Å². The predicted molar refractivity (Wildman–Crippen MR) is 110 cm³/mol. The molecule has 0 radical (unpaired) electrons. The van der Waals surface area contributed by atoms with E-state index in [4.69, 9.17) is 9.47 Å². The summed E-state index contributed by atoms with van der Waals surface area (Å²) in [5.74, 6) is 0.360. The zero-order chi connectivity index (χ0) is 20.7. The van der Waals surface area contributed by atoms with Gasteiger partial charge in [0.25, 0.3) is 0 Å². The number of ether oxygens (including phenoxy) is 2. The molecule has 2 rings (SSSR count). The Morgan fingerprint density at radius 1 is 1.18 bits per heavy atom. The quantitative estimate of drug-likeness (QED) is 0.689. The third-order valence-corrected chi connectivity index (χ3v) is 5.53. The van der Waals surface area contributed by atoms with Crippen LogP contribution in [-0.2, 0) is 20.9 Å². The fourth-order valence-corrected chi connectivity index (χ4v) is 3.89. The highest BCUT2D eigenvalue weighted by molar-refractivity contribution is 5.73. The van der Waals surface area contributed by atoms with E-state index in [0.29, 0.717) is 12.3 Å². The molecule has 1 N–H and O–H groups in total. The molecule has 1 saturated carbocycles. The van der Waals surface area contributed by atoms with Gasteiger partial charge in [0.1, 0.15) is 12.2 Å². The van der Waals surface area contributed by atoms with Crippen molar-refractivity contribution in [3.8, 4) is 0 Å². The molecule has 1 amide bonds. The minimum atomic E-state index is -0.536. The normalized spacial score (nSPS) is 23.5. The molecule has 0 aromatic heterocycles. The van der Waals surface area contributed by atoms with Gasteiger partial charge < -0.3 is 14.8 Å². The molecule has 1 aromatic rings. The number of benzene rings is 1. The molecule has 4 atom stereocenters. The minimum Gasteiger partial charge on any atom is -0.461 e. The first-order valence-corrected chi connectivity index (χ1v) is 10.4. The summed E-state index contributed by atoms with van der Waals surface area (Å²) in [6, 6.07) is 9.65. The Morgan fingerprint density at radius 2 is 1.86 bits per heavy atom. The van der Waals surface area contributed by atoms with E-state index in [2.05, 4.69) is 19.2 Å². The van der Waals surface area contributed by atoms with Crippen molar-refractivity contribution in [2.45, 2.75) is 78.6 Å². The number of esters is 1. The van der Waals surface area contributed by atoms with E-state index in [0.717, 1.165) is 24.8 Å². The standard InChI is InChI=1S/C23H35NO4/c1-6-16(2)19-13-12-18(24-22(26)28-23(3,4)5)14-20(19)21(25)27-15-17-10-8-7-9-11-17/h7-11,16,18-20H,6,12-15H2,1-5H3,(H,24,26)/t16?,18-,19?,20-/m1/s1. The second-order valence-electron chi connectivity index (χ2n) is 8.91. The van der Waals surface area contributed by atoms with Crippen LogP contribution in [0.4, 0.5) is 4.79 Å². The number of nitrogens with one attached hydrogen (secondary N) is 1. The number of rotatable bonds is 6. The molecule has 1 aliphatic carbocycles. The predicted octanol–water partition coefficient (Wildman–Crippen LogP) is 5.09. The van der Waals surface area contributed by atoms with Crippen LogP contribution in [0.1, 0.15) is 65.9 Å². The first-order chi connectivity index (χ1) is 13.2. The second kappa shape index (κ2) is 9.94. The molecule has 5 heteroatoms. The van der Waals surface area contributed by atoms with E-state index in [1.165, 1.54) is 0 Å². The molecule has 1 aromatic carbocycles. The number of carbonyl (C=O) groups is 2. The summed E-state index contributed by atoms with van der Waals surface area (Å²) in [5, 5.41) is 2.94. The maximum absolute atomic E-state index is 12.9. The molecule has 0 heterocycles. The van der Waals surface area contributed by atoms with Crippen LogP contribution in [0.25, 0.3) is 0 Å². The largest absolute Gasteiger partial charge is 0.461 e. The van der Waals surface area contributed by atoms with E-state index >= 15 is 0 Å². The van der Waals surface area contributed by atoms with Gasteiger partial charge in [-0.25, -0.2) is 4.79 Å². The second-order valence-corrected chi connectivity index (χ2v) is 8.91. The molecule has 156 valence electrons. The van der Waals surface area contributed by atoms with Gasteiger partial charge in [-0.3, -0.25) is 4.79 Å². The highest BCUT2D eigenvalue weighted by atomic mass is 16.6. The van der Waals surface area contributed by atoms with Gasteiger partial charge in [-0.1, -0.05) is 50.6 Å². The molecule has 0 saturated heterocycles. The van der Waals surface area contributed by atoms with Gasteiger partial charge in [-0.2, -0.15) is 0 Å². The van der Waals surface area contributed by atoms with Gasteiger partial charge in [-0.05, 0) is 57.4 Å². The summed E-state index contributed by atoms with van der Waals surface area (Å²) in [7, 11) is 0. The van der Waals surface area contributed by atoms with E-state index in [-0.39, 0.29) is 30.5 Å². The summed E-state index contributed by atoms with van der Waals surface area (Å²) in [6.45, 7) is 10.2. The number of alkyl carbamates (subject to hydrolysis) is 1. The third-order valence-electron chi connectivity index (χ3n) is 5.53. The van der Waals surface area contributed by atoms with Crippen molar-refractivity contribution >= 4 is 12.1 Å². The van der Waals surface area contributed by atoms with Crippen molar-refractivity contribution in [1.82, 2.24) is 5.32 Å². The molecule has 2 unspecified atom stereocenters. The van der Waals surface area contributed by atoms with E-state index in [9.17, 15) is 9.59 Å². The molecule has 1 aliphatic rings. The van der Waals surface area contributed by atoms with Crippen molar-refractivity contribution < 1.29 is 19.1 Å². The van der Waals surface area contributed by atoms with E-state index in [1.807, 2.05) is 51.1 Å². The lowest BCUT2D eigenvalue weighted by Gasteiger charge is -2.38. The number of carbonyl (C=O) groups excluding carboxylic acids is 2. The molecule has 0 bridgehead atoms. The van der Waals surface area contributed by atoms with E-state index in [1.54, 1.807) is 0 Å². The first kappa shape index (κ1) is 22.3. The van der Waals surface area contributed by atoms with Crippen LogP contribution in [0, 0.1) is 17.8 Å². The summed E-state index contributed by atoms with van der Waals surface area (Å²) in [4.78, 5) is 25.0. The minimum absolute atomic E-state index is 0.0653. The Morgan fingerprint density at radius 3 is 2.46 bits per heavy atom. The van der Waals surface area contributed by atoms with Gasteiger partial charge in [-0.15, -0.1) is 0 Å². The maximum atomic E-state index is 12.9. The fourth-order valence-electron chi connectivity index (χ4n) is 3.89. The Balaban J connectivity index is 2.00. The first-order valence-electron chi connectivity index (χ1n) is 10.4. The zero-order valence-corrected chi connectivity index (χ0v) is 17.9. The Labute approximate surface area is 169 Å². The summed E-state index contributed by atoms with van der Waals surface area (Å²) >= 11 is 0. The van der Waals surface area contributed by atoms with Gasteiger partial charge in [0, 0.05) is 6.04 Å². The SMILES string of the molecule is CCC(C)C1CC[C@@H](NC(=O)OC(C)(C)C)C[C@H]1C(=O)OCc1ccccc1. The lowest BCUT2D eigenvalue weighted by atomic mass is 9.70. The molecular weight excluding hydrogens is 354 g/mol. The van der Waals surface area contributed by atoms with Crippen LogP contribution < -0.4 is 5.32 Å². The maximum Gasteiger partial charge on any atom is 0.407 e. The zero-order valence-electron chi connectivity index (χ0n) is 17.9. The van der Waals surface area contributed by atoms with Crippen LogP contribution in [-0.4, -0.2) is 23.7 Å². The fraction of sp³-hybridized carbons (Fsp3) is 0.652.